The summed E-state index contributed by atoms with van der Waals surface area (Å²) >= 11 is 0. The van der Waals surface area contributed by atoms with Crippen LogP contribution in [0.4, 0.5) is 0 Å². The average molecular weight is 103 g/mol. The molecule has 0 aliphatic rings. The van der Waals surface area contributed by atoms with E-state index in [1.165, 1.54) is 0 Å². The van der Waals surface area contributed by atoms with Crippen molar-refractivity contribution < 1.29 is 10.2 Å². The van der Waals surface area contributed by atoms with E-state index in [1.54, 1.807) is 7.11 Å². The molecule has 2 N–H and O–H groups in total. The van der Waals surface area contributed by atoms with Crippen LogP contribution >= 0.6 is 0 Å². The molecule has 0 aliphatic carbocycles. The lowest BCUT2D eigenvalue weighted by Gasteiger charge is -1.82. The van der Waals surface area contributed by atoms with Gasteiger partial charge in [-0.3, -0.25) is 0 Å². The van der Waals surface area contributed by atoms with Crippen molar-refractivity contribution in [3.8, 4) is 6.07 Å². The predicted octanol–water partition coefficient (Wildman–Crippen LogP) is -0.278. The first-order valence-corrected chi connectivity index (χ1v) is 1.77. The number of hydrogen-bond acceptors (Lipinski definition) is 2. The van der Waals surface area contributed by atoms with Gasteiger partial charge in [0.1, 0.15) is 0 Å². The highest BCUT2D eigenvalue weighted by Gasteiger charge is 1.73. The van der Waals surface area contributed by atoms with Crippen molar-refractivity contribution in [2.24, 2.45) is 0 Å². The highest BCUT2D eigenvalue weighted by molar-refractivity contribution is 4.66. The molecule has 0 heterocycles. The van der Waals surface area contributed by atoms with E-state index >= 15 is 0 Å². The van der Waals surface area contributed by atoms with Crippen LogP contribution in [0.25, 0.3) is 0 Å². The fourth-order valence-corrected chi connectivity index (χ4v) is 0.148. The zero-order chi connectivity index (χ0) is 4.83. The molecule has 0 aromatic carbocycles. The van der Waals surface area contributed by atoms with E-state index in [1.807, 2.05) is 6.07 Å². The number of ether oxygens (including phenoxy) is 1. The molecule has 0 radical (unpaired) electrons. The van der Waals surface area contributed by atoms with Crippen molar-refractivity contribution in [2.75, 3.05) is 13.7 Å². The van der Waals surface area contributed by atoms with Crippen LogP contribution in [0.2, 0.25) is 0 Å². The zero-order valence-electron chi connectivity index (χ0n) is 4.27. The van der Waals surface area contributed by atoms with Gasteiger partial charge in [0.15, 0.2) is 0 Å². The summed E-state index contributed by atoms with van der Waals surface area (Å²) in [5.41, 5.74) is 0. The van der Waals surface area contributed by atoms with Gasteiger partial charge in [-0.15, -0.1) is 0 Å². The maximum Gasteiger partial charge on any atom is 0.0645 e. The molecule has 7 heavy (non-hydrogen) atoms. The summed E-state index contributed by atoms with van der Waals surface area (Å²) in [5.74, 6) is 0. The Hall–Kier alpha value is -0.590. The maximum atomic E-state index is 7.87. The van der Waals surface area contributed by atoms with Gasteiger partial charge >= 0.3 is 0 Å². The Bertz CT molecular complexity index is 57.2. The van der Waals surface area contributed by atoms with E-state index in [-0.39, 0.29) is 5.48 Å². The fraction of sp³-hybridized carbons (Fsp3) is 0.750. The molecule has 3 nitrogen and oxygen atoms in total. The zero-order valence-corrected chi connectivity index (χ0v) is 4.27. The summed E-state index contributed by atoms with van der Waals surface area (Å²) in [5, 5.41) is 7.87. The molecule has 0 saturated carbocycles. The van der Waals surface area contributed by atoms with Gasteiger partial charge in [0.2, 0.25) is 0 Å². The molecule has 0 bridgehead atoms. The molecule has 0 atom stereocenters. The minimum Gasteiger partial charge on any atom is -0.412 e. The number of nitrogens with zero attached hydrogens (tertiary/aromatic N) is 1. The Balaban J connectivity index is 0. The van der Waals surface area contributed by atoms with E-state index in [0.717, 1.165) is 0 Å². The van der Waals surface area contributed by atoms with Crippen LogP contribution in [0, 0.1) is 11.3 Å². The topological polar surface area (TPSA) is 64.5 Å². The molecular formula is C4H9NO2. The summed E-state index contributed by atoms with van der Waals surface area (Å²) in [6.45, 7) is 0.552. The van der Waals surface area contributed by atoms with Gasteiger partial charge < -0.3 is 10.2 Å². The van der Waals surface area contributed by atoms with Crippen LogP contribution in [-0.2, 0) is 4.74 Å². The molecular weight excluding hydrogens is 94.0 g/mol. The third-order valence-corrected chi connectivity index (χ3v) is 0.418. The molecule has 42 valence electrons. The van der Waals surface area contributed by atoms with Gasteiger partial charge in [-0.2, -0.15) is 5.26 Å². The lowest BCUT2D eigenvalue weighted by molar-refractivity contribution is 0.205. The predicted molar refractivity (Wildman–Crippen MR) is 25.7 cm³/mol. The van der Waals surface area contributed by atoms with E-state index in [2.05, 4.69) is 4.74 Å². The molecule has 0 rings (SSSR count). The van der Waals surface area contributed by atoms with Gasteiger partial charge in [-0.1, -0.05) is 0 Å². The number of hydrogen-bond donors (Lipinski definition) is 0. The van der Waals surface area contributed by atoms with Crippen LogP contribution < -0.4 is 0 Å². The second kappa shape index (κ2) is 9.05. The van der Waals surface area contributed by atoms with Crippen molar-refractivity contribution in [2.45, 2.75) is 6.42 Å². The van der Waals surface area contributed by atoms with E-state index < -0.39 is 0 Å². The van der Waals surface area contributed by atoms with Gasteiger partial charge in [-0.05, 0) is 0 Å². The Kier molecular flexibility index (Phi) is 12.5. The molecule has 0 saturated heterocycles. The fourth-order valence-electron chi connectivity index (χ4n) is 0.148. The van der Waals surface area contributed by atoms with Crippen LogP contribution in [0.1, 0.15) is 6.42 Å². The van der Waals surface area contributed by atoms with Crippen LogP contribution in [0.15, 0.2) is 0 Å². The molecule has 0 amide bonds. The van der Waals surface area contributed by atoms with Gasteiger partial charge in [-0.25, -0.2) is 0 Å². The van der Waals surface area contributed by atoms with Crippen LogP contribution in [-0.4, -0.2) is 19.2 Å². The van der Waals surface area contributed by atoms with Gasteiger partial charge in [0.05, 0.1) is 19.1 Å². The van der Waals surface area contributed by atoms with Crippen molar-refractivity contribution in [3.63, 3.8) is 0 Å². The highest BCUT2D eigenvalue weighted by atomic mass is 16.5. The van der Waals surface area contributed by atoms with Crippen LogP contribution in [0.3, 0.4) is 0 Å². The largest absolute Gasteiger partial charge is 0.412 e. The third-order valence-electron chi connectivity index (χ3n) is 0.418. The Morgan fingerprint density at radius 2 is 2.29 bits per heavy atom. The smallest absolute Gasteiger partial charge is 0.0645 e. The van der Waals surface area contributed by atoms with Crippen molar-refractivity contribution >= 4 is 0 Å². The Morgan fingerprint density at radius 3 is 2.43 bits per heavy atom. The normalized spacial score (nSPS) is 6.29. The first-order chi connectivity index (χ1) is 2.91. The van der Waals surface area contributed by atoms with Crippen molar-refractivity contribution in [1.82, 2.24) is 0 Å². The molecule has 0 aliphatic heterocycles. The molecule has 3 heteroatoms. The standard InChI is InChI=1S/C4H7NO.H2O/c1-6-4-2-3-5;/h2,4H2,1H3;1H2. The SMILES string of the molecule is COCCC#N.O. The minimum atomic E-state index is 0. The van der Waals surface area contributed by atoms with Crippen molar-refractivity contribution in [1.29, 1.82) is 5.26 Å². The molecule has 0 unspecified atom stereocenters. The third kappa shape index (κ3) is 10.8. The summed E-state index contributed by atoms with van der Waals surface area (Å²) in [6, 6.07) is 1.94. The Labute approximate surface area is 42.8 Å². The lowest BCUT2D eigenvalue weighted by atomic mass is 10.5. The van der Waals surface area contributed by atoms with Gasteiger partial charge in [0, 0.05) is 7.11 Å². The summed E-state index contributed by atoms with van der Waals surface area (Å²) in [7, 11) is 1.58. The quantitative estimate of drug-likeness (QED) is 0.451. The van der Waals surface area contributed by atoms with Gasteiger partial charge in [0.25, 0.3) is 0 Å². The summed E-state index contributed by atoms with van der Waals surface area (Å²) < 4.78 is 4.56. The second-order valence-corrected chi connectivity index (χ2v) is 0.901. The highest BCUT2D eigenvalue weighted by Crippen LogP contribution is 1.71. The Morgan fingerprint density at radius 1 is 1.71 bits per heavy atom. The number of rotatable bonds is 2. The monoisotopic (exact) mass is 103 g/mol. The lowest BCUT2D eigenvalue weighted by Crippen LogP contribution is -1.82. The maximum absolute atomic E-state index is 7.87. The van der Waals surface area contributed by atoms with Crippen molar-refractivity contribution in [3.05, 3.63) is 0 Å². The second-order valence-electron chi connectivity index (χ2n) is 0.901. The molecule has 0 spiro atoms. The first kappa shape index (κ1) is 9.65. The average Bonchev–Trinajstić information content (AvgIpc) is 1.61. The van der Waals surface area contributed by atoms with Crippen LogP contribution in [0.5, 0.6) is 0 Å². The molecule has 0 aromatic heterocycles. The number of methoxy groups -OCH3 is 1. The number of nitriles is 1. The summed E-state index contributed by atoms with van der Waals surface area (Å²) in [6.07, 6.45) is 0.497. The molecule has 0 fully saturated rings. The van der Waals surface area contributed by atoms with E-state index in [0.29, 0.717) is 13.0 Å². The van der Waals surface area contributed by atoms with E-state index in [9.17, 15) is 0 Å². The molecule has 0 aromatic rings. The summed E-state index contributed by atoms with van der Waals surface area (Å²) in [4.78, 5) is 0. The van der Waals surface area contributed by atoms with E-state index in [4.69, 9.17) is 5.26 Å². The minimum absolute atomic E-state index is 0. The first-order valence-electron chi connectivity index (χ1n) is 1.77.